The van der Waals surface area contributed by atoms with E-state index in [9.17, 15) is 9.59 Å². The van der Waals surface area contributed by atoms with Gasteiger partial charge in [-0.2, -0.15) is 0 Å². The van der Waals surface area contributed by atoms with E-state index < -0.39 is 6.04 Å². The first-order valence-corrected chi connectivity index (χ1v) is 11.0. The summed E-state index contributed by atoms with van der Waals surface area (Å²) < 4.78 is 2.18. The average molecular weight is 437 g/mol. The molecule has 0 saturated heterocycles. The van der Waals surface area contributed by atoms with Crippen molar-refractivity contribution >= 4 is 28.3 Å². The van der Waals surface area contributed by atoms with Crippen LogP contribution in [0.5, 0.6) is 0 Å². The Hall–Kier alpha value is -3.19. The van der Waals surface area contributed by atoms with Crippen molar-refractivity contribution in [2.75, 3.05) is 5.32 Å². The first-order chi connectivity index (χ1) is 14.8. The third-order valence-corrected chi connectivity index (χ3v) is 5.92. The number of benzene rings is 1. The van der Waals surface area contributed by atoms with E-state index in [0.717, 1.165) is 40.3 Å². The van der Waals surface area contributed by atoms with Gasteiger partial charge in [0.25, 0.3) is 0 Å². The molecule has 3 aromatic rings. The van der Waals surface area contributed by atoms with Crippen LogP contribution in [0.4, 0.5) is 5.13 Å². The molecule has 2 amide bonds. The van der Waals surface area contributed by atoms with Crippen LogP contribution in [0, 0.1) is 20.8 Å². The first-order valence-electron chi connectivity index (χ1n) is 10.2. The number of aryl methyl sites for hydroxylation is 2. The highest BCUT2D eigenvalue weighted by Crippen LogP contribution is 2.30. The lowest BCUT2D eigenvalue weighted by atomic mass is 10.0. The Morgan fingerprint density at radius 1 is 1.23 bits per heavy atom. The van der Waals surface area contributed by atoms with Gasteiger partial charge in [0.2, 0.25) is 11.8 Å². The predicted octanol–water partition coefficient (Wildman–Crippen LogP) is 4.93. The van der Waals surface area contributed by atoms with E-state index in [0.29, 0.717) is 5.13 Å². The molecule has 0 saturated carbocycles. The number of amides is 2. The van der Waals surface area contributed by atoms with Gasteiger partial charge in [-0.05, 0) is 32.4 Å². The summed E-state index contributed by atoms with van der Waals surface area (Å²) in [5, 5.41) is 8.23. The number of carbonyl (C=O) groups excluding carboxylic acids is 2. The van der Waals surface area contributed by atoms with Gasteiger partial charge in [-0.1, -0.05) is 35.9 Å². The van der Waals surface area contributed by atoms with Gasteiger partial charge in [0, 0.05) is 35.8 Å². The van der Waals surface area contributed by atoms with Gasteiger partial charge < -0.3 is 15.2 Å². The van der Waals surface area contributed by atoms with Crippen molar-refractivity contribution in [1.29, 1.82) is 0 Å². The second-order valence-electron chi connectivity index (χ2n) is 7.64. The maximum absolute atomic E-state index is 12.7. The molecule has 1 atom stereocenters. The van der Waals surface area contributed by atoms with Gasteiger partial charge in [-0.25, -0.2) is 4.98 Å². The van der Waals surface area contributed by atoms with Crippen molar-refractivity contribution in [3.63, 3.8) is 0 Å². The van der Waals surface area contributed by atoms with E-state index in [2.05, 4.69) is 46.7 Å². The molecule has 1 aromatic carbocycles. The zero-order valence-electron chi connectivity index (χ0n) is 18.4. The standard InChI is InChI=1S/C24H28N4O2S/c1-6-11-28-16(3)12-20(17(28)4)22-14-31-24(26-22)27-23(30)13-21(25-18(5)29)19-9-7-15(2)8-10-19/h6-10,12,14,21H,1,11,13H2,2-5H3,(H,25,29)(H,26,27,30). The SMILES string of the molecule is C=CCn1c(C)cc(-c2csc(NC(=O)CC(NC(C)=O)c3ccc(C)cc3)n2)c1C. The minimum absolute atomic E-state index is 0.130. The fraction of sp³-hybridized carbons (Fsp3) is 0.292. The summed E-state index contributed by atoms with van der Waals surface area (Å²) in [6.07, 6.45) is 2.00. The molecule has 6 nitrogen and oxygen atoms in total. The normalized spacial score (nSPS) is 11.7. The maximum atomic E-state index is 12.7. The second kappa shape index (κ2) is 9.75. The number of nitrogens with zero attached hydrogens (tertiary/aromatic N) is 2. The maximum Gasteiger partial charge on any atom is 0.228 e. The van der Waals surface area contributed by atoms with Crippen molar-refractivity contribution in [1.82, 2.24) is 14.9 Å². The molecule has 3 rings (SSSR count). The summed E-state index contributed by atoms with van der Waals surface area (Å²) in [6, 6.07) is 9.52. The molecule has 0 spiro atoms. The third-order valence-electron chi connectivity index (χ3n) is 5.16. The fourth-order valence-corrected chi connectivity index (χ4v) is 4.30. The Balaban J connectivity index is 1.73. The summed E-state index contributed by atoms with van der Waals surface area (Å²) in [6.45, 7) is 12.1. The van der Waals surface area contributed by atoms with Crippen LogP contribution in [-0.4, -0.2) is 21.4 Å². The van der Waals surface area contributed by atoms with Gasteiger partial charge in [0.15, 0.2) is 5.13 Å². The summed E-state index contributed by atoms with van der Waals surface area (Å²) in [4.78, 5) is 28.9. The Morgan fingerprint density at radius 2 is 1.94 bits per heavy atom. The molecule has 31 heavy (non-hydrogen) atoms. The number of carbonyl (C=O) groups is 2. The highest BCUT2D eigenvalue weighted by atomic mass is 32.1. The lowest BCUT2D eigenvalue weighted by Crippen LogP contribution is -2.29. The number of hydrogen-bond donors (Lipinski definition) is 2. The molecule has 0 aliphatic heterocycles. The minimum Gasteiger partial charge on any atom is -0.349 e. The van der Waals surface area contributed by atoms with Crippen LogP contribution >= 0.6 is 11.3 Å². The number of nitrogens with one attached hydrogen (secondary N) is 2. The molecule has 2 heterocycles. The van der Waals surface area contributed by atoms with E-state index in [4.69, 9.17) is 0 Å². The Kier molecular flexibility index (Phi) is 7.07. The van der Waals surface area contributed by atoms with Crippen molar-refractivity contribution in [2.24, 2.45) is 0 Å². The van der Waals surface area contributed by atoms with Gasteiger partial charge in [0.1, 0.15) is 0 Å². The van der Waals surface area contributed by atoms with Gasteiger partial charge >= 0.3 is 0 Å². The molecule has 0 radical (unpaired) electrons. The lowest BCUT2D eigenvalue weighted by molar-refractivity contribution is -0.120. The second-order valence-corrected chi connectivity index (χ2v) is 8.50. The monoisotopic (exact) mass is 436 g/mol. The molecule has 162 valence electrons. The summed E-state index contributed by atoms with van der Waals surface area (Å²) in [5.74, 6) is -0.373. The van der Waals surface area contributed by atoms with Gasteiger partial charge in [-0.15, -0.1) is 17.9 Å². The van der Waals surface area contributed by atoms with Gasteiger partial charge in [-0.3, -0.25) is 9.59 Å². The number of hydrogen-bond acceptors (Lipinski definition) is 4. The van der Waals surface area contributed by atoms with Crippen LogP contribution in [0.15, 0.2) is 48.4 Å². The summed E-state index contributed by atoms with van der Waals surface area (Å²) in [5.41, 5.74) is 6.16. The van der Waals surface area contributed by atoms with Crippen LogP contribution in [0.25, 0.3) is 11.3 Å². The minimum atomic E-state index is -0.393. The topological polar surface area (TPSA) is 76.0 Å². The first kappa shape index (κ1) is 22.5. The number of allylic oxidation sites excluding steroid dienone is 1. The van der Waals surface area contributed by atoms with Crippen LogP contribution in [-0.2, 0) is 16.1 Å². The third kappa shape index (κ3) is 5.49. The van der Waals surface area contributed by atoms with Crippen LogP contribution in [0.3, 0.4) is 0 Å². The molecule has 2 aromatic heterocycles. The molecular formula is C24H28N4O2S. The molecule has 1 unspecified atom stereocenters. The van der Waals surface area contributed by atoms with E-state index in [1.807, 2.05) is 42.6 Å². The smallest absolute Gasteiger partial charge is 0.228 e. The fourth-order valence-electron chi connectivity index (χ4n) is 3.58. The summed E-state index contributed by atoms with van der Waals surface area (Å²) >= 11 is 1.39. The van der Waals surface area contributed by atoms with Crippen LogP contribution in [0.2, 0.25) is 0 Å². The largest absolute Gasteiger partial charge is 0.349 e. The molecule has 0 aliphatic rings. The van der Waals surface area contributed by atoms with Crippen molar-refractivity contribution in [3.05, 3.63) is 70.9 Å². The van der Waals surface area contributed by atoms with E-state index in [1.54, 1.807) is 0 Å². The number of thiazole rings is 1. The van der Waals surface area contributed by atoms with E-state index in [1.165, 1.54) is 18.3 Å². The average Bonchev–Trinajstić information content (AvgIpc) is 3.27. The van der Waals surface area contributed by atoms with Crippen molar-refractivity contribution in [3.8, 4) is 11.3 Å². The molecule has 7 heteroatoms. The molecule has 0 aliphatic carbocycles. The zero-order chi connectivity index (χ0) is 22.5. The Bertz CT molecular complexity index is 1100. The van der Waals surface area contributed by atoms with Crippen LogP contribution < -0.4 is 10.6 Å². The molecular weight excluding hydrogens is 408 g/mol. The molecule has 2 N–H and O–H groups in total. The highest BCUT2D eigenvalue weighted by molar-refractivity contribution is 7.14. The quantitative estimate of drug-likeness (QED) is 0.492. The van der Waals surface area contributed by atoms with E-state index >= 15 is 0 Å². The Labute approximate surface area is 187 Å². The number of rotatable bonds is 8. The predicted molar refractivity (Wildman–Crippen MR) is 126 cm³/mol. The van der Waals surface area contributed by atoms with Gasteiger partial charge in [0.05, 0.1) is 18.2 Å². The molecule has 0 bridgehead atoms. The lowest BCUT2D eigenvalue weighted by Gasteiger charge is -2.18. The van der Waals surface area contributed by atoms with E-state index in [-0.39, 0.29) is 18.2 Å². The Morgan fingerprint density at radius 3 is 2.58 bits per heavy atom. The van der Waals surface area contributed by atoms with Crippen LogP contribution in [0.1, 0.15) is 41.9 Å². The molecule has 0 fully saturated rings. The zero-order valence-corrected chi connectivity index (χ0v) is 19.2. The van der Waals surface area contributed by atoms with Crippen molar-refractivity contribution in [2.45, 2.75) is 46.7 Å². The number of anilines is 1. The highest BCUT2D eigenvalue weighted by Gasteiger charge is 2.19. The van der Waals surface area contributed by atoms with Crippen molar-refractivity contribution < 1.29 is 9.59 Å². The summed E-state index contributed by atoms with van der Waals surface area (Å²) in [7, 11) is 0. The number of aromatic nitrogens is 2.